The predicted molar refractivity (Wildman–Crippen MR) is 122 cm³/mol. The van der Waals surface area contributed by atoms with Gasteiger partial charge in [0, 0.05) is 14.2 Å². The van der Waals surface area contributed by atoms with Crippen LogP contribution in [0.4, 0.5) is 11.4 Å². The summed E-state index contributed by atoms with van der Waals surface area (Å²) in [5.74, 6) is 0. The lowest BCUT2D eigenvalue weighted by Crippen LogP contribution is -2.47. The molecule has 0 bridgehead atoms. The molecule has 0 saturated carbocycles. The zero-order valence-corrected chi connectivity index (χ0v) is 18.8. The van der Waals surface area contributed by atoms with Gasteiger partial charge < -0.3 is 9.47 Å². The van der Waals surface area contributed by atoms with Crippen molar-refractivity contribution in [1.82, 2.24) is 5.32 Å². The van der Waals surface area contributed by atoms with Gasteiger partial charge in [0.05, 0.1) is 22.8 Å². The molecule has 2 aromatic carbocycles. The summed E-state index contributed by atoms with van der Waals surface area (Å²) in [7, 11) is 3.32. The topological polar surface area (TPSA) is 55.2 Å². The molecule has 2 aromatic rings. The molecule has 0 aliphatic heterocycles. The standard InChI is InChI=1S/C24H33N3O2/c1-15-11-9-12-16(2)21(15)25-19(5)23(28-7)27-24(29-8)20(6)26-22-17(3)13-10-14-18(22)4/h9-14,23-24,27H,1-8H3. The Balaban J connectivity index is 2.27. The summed E-state index contributed by atoms with van der Waals surface area (Å²) in [6, 6.07) is 12.3. The Labute approximate surface area is 174 Å². The molecule has 0 heterocycles. The Morgan fingerprint density at radius 2 is 1.00 bits per heavy atom. The first-order valence-electron chi connectivity index (χ1n) is 9.83. The average molecular weight is 396 g/mol. The zero-order chi connectivity index (χ0) is 21.6. The molecule has 0 radical (unpaired) electrons. The minimum atomic E-state index is -0.401. The van der Waals surface area contributed by atoms with Gasteiger partial charge in [0.15, 0.2) is 0 Å². The Hall–Kier alpha value is -2.34. The molecule has 0 aromatic heterocycles. The maximum Gasteiger partial charge on any atom is 0.149 e. The van der Waals surface area contributed by atoms with Crippen molar-refractivity contribution in [2.75, 3.05) is 14.2 Å². The molecule has 5 heteroatoms. The Morgan fingerprint density at radius 3 is 1.28 bits per heavy atom. The molecular formula is C24H33N3O2. The van der Waals surface area contributed by atoms with E-state index in [1.54, 1.807) is 14.2 Å². The van der Waals surface area contributed by atoms with Gasteiger partial charge in [0.25, 0.3) is 0 Å². The smallest absolute Gasteiger partial charge is 0.149 e. The fourth-order valence-corrected chi connectivity index (χ4v) is 3.29. The molecule has 5 nitrogen and oxygen atoms in total. The van der Waals surface area contributed by atoms with Crippen molar-refractivity contribution in [3.63, 3.8) is 0 Å². The van der Waals surface area contributed by atoms with Gasteiger partial charge in [-0.05, 0) is 63.8 Å². The lowest BCUT2D eigenvalue weighted by Gasteiger charge is -2.24. The third kappa shape index (κ3) is 5.82. The summed E-state index contributed by atoms with van der Waals surface area (Å²) in [6.45, 7) is 12.2. The van der Waals surface area contributed by atoms with Crippen molar-refractivity contribution in [3.05, 3.63) is 58.7 Å². The van der Waals surface area contributed by atoms with Gasteiger partial charge in [-0.2, -0.15) is 0 Å². The monoisotopic (exact) mass is 395 g/mol. The van der Waals surface area contributed by atoms with Crippen LogP contribution in [0.1, 0.15) is 36.1 Å². The van der Waals surface area contributed by atoms with Crippen LogP contribution in [0.5, 0.6) is 0 Å². The van der Waals surface area contributed by atoms with Crippen LogP contribution < -0.4 is 5.32 Å². The second-order valence-electron chi connectivity index (χ2n) is 7.39. The number of hydrogen-bond donors (Lipinski definition) is 1. The van der Waals surface area contributed by atoms with E-state index in [1.165, 1.54) is 0 Å². The lowest BCUT2D eigenvalue weighted by atomic mass is 10.1. The Morgan fingerprint density at radius 1 is 0.690 bits per heavy atom. The normalized spacial score (nSPS) is 14.8. The SMILES string of the molecule is COC(NC(OC)C(C)=Nc1c(C)cccc1C)C(C)=Nc1c(C)cccc1C. The highest BCUT2D eigenvalue weighted by Crippen LogP contribution is 2.25. The van der Waals surface area contributed by atoms with E-state index in [4.69, 9.17) is 19.5 Å². The number of hydrogen-bond acceptors (Lipinski definition) is 5. The molecule has 0 spiro atoms. The maximum absolute atomic E-state index is 5.67. The number of para-hydroxylation sites is 2. The van der Waals surface area contributed by atoms with Crippen molar-refractivity contribution in [3.8, 4) is 0 Å². The molecule has 0 saturated heterocycles. The molecule has 0 aliphatic carbocycles. The van der Waals surface area contributed by atoms with Crippen LogP contribution in [0.25, 0.3) is 0 Å². The third-order valence-electron chi connectivity index (χ3n) is 4.99. The second-order valence-corrected chi connectivity index (χ2v) is 7.39. The van der Waals surface area contributed by atoms with E-state index in [-0.39, 0.29) is 0 Å². The van der Waals surface area contributed by atoms with Gasteiger partial charge in [-0.3, -0.25) is 15.3 Å². The van der Waals surface area contributed by atoms with Crippen molar-refractivity contribution in [2.45, 2.75) is 54.0 Å². The Kier molecular flexibility index (Phi) is 8.26. The van der Waals surface area contributed by atoms with E-state index in [0.29, 0.717) is 0 Å². The lowest BCUT2D eigenvalue weighted by molar-refractivity contribution is 0.0517. The number of nitrogens with one attached hydrogen (secondary N) is 1. The highest BCUT2D eigenvalue weighted by Gasteiger charge is 2.20. The van der Waals surface area contributed by atoms with E-state index in [9.17, 15) is 0 Å². The summed E-state index contributed by atoms with van der Waals surface area (Å²) >= 11 is 0. The van der Waals surface area contributed by atoms with Crippen LogP contribution in [0.3, 0.4) is 0 Å². The molecule has 2 atom stereocenters. The number of methoxy groups -OCH3 is 2. The van der Waals surface area contributed by atoms with Gasteiger partial charge in [-0.25, -0.2) is 0 Å². The number of aliphatic imine (C=N–C) groups is 2. The summed E-state index contributed by atoms with van der Waals surface area (Å²) in [6.07, 6.45) is -0.802. The highest BCUT2D eigenvalue weighted by atomic mass is 16.5. The molecule has 156 valence electrons. The quantitative estimate of drug-likeness (QED) is 0.485. The first kappa shape index (κ1) is 22.9. The molecule has 2 rings (SSSR count). The van der Waals surface area contributed by atoms with Crippen LogP contribution in [0, 0.1) is 27.7 Å². The van der Waals surface area contributed by atoms with Crippen molar-refractivity contribution < 1.29 is 9.47 Å². The third-order valence-corrected chi connectivity index (χ3v) is 4.99. The fourth-order valence-electron chi connectivity index (χ4n) is 3.29. The fraction of sp³-hybridized carbons (Fsp3) is 0.417. The first-order valence-corrected chi connectivity index (χ1v) is 9.83. The molecule has 1 N–H and O–H groups in total. The summed E-state index contributed by atoms with van der Waals surface area (Å²) in [4.78, 5) is 9.64. The minimum Gasteiger partial charge on any atom is -0.361 e. The molecule has 0 fully saturated rings. The van der Waals surface area contributed by atoms with Crippen molar-refractivity contribution in [2.24, 2.45) is 9.98 Å². The molecule has 2 unspecified atom stereocenters. The molecule has 29 heavy (non-hydrogen) atoms. The van der Waals surface area contributed by atoms with Crippen LogP contribution in [0.2, 0.25) is 0 Å². The van der Waals surface area contributed by atoms with E-state index in [0.717, 1.165) is 45.1 Å². The first-order chi connectivity index (χ1) is 13.8. The van der Waals surface area contributed by atoms with Gasteiger partial charge >= 0.3 is 0 Å². The van der Waals surface area contributed by atoms with Crippen LogP contribution in [-0.2, 0) is 9.47 Å². The summed E-state index contributed by atoms with van der Waals surface area (Å²) < 4.78 is 11.3. The number of aryl methyl sites for hydroxylation is 4. The van der Waals surface area contributed by atoms with Crippen LogP contribution in [-0.4, -0.2) is 38.1 Å². The van der Waals surface area contributed by atoms with E-state index in [2.05, 4.69) is 57.3 Å². The number of benzene rings is 2. The number of rotatable bonds is 8. The van der Waals surface area contributed by atoms with Crippen molar-refractivity contribution in [1.29, 1.82) is 0 Å². The minimum absolute atomic E-state index is 0.401. The Bertz CT molecular complexity index is 789. The second kappa shape index (κ2) is 10.4. The molecule has 0 amide bonds. The molecule has 0 aliphatic rings. The van der Waals surface area contributed by atoms with Crippen LogP contribution >= 0.6 is 0 Å². The van der Waals surface area contributed by atoms with E-state index < -0.39 is 12.5 Å². The van der Waals surface area contributed by atoms with Crippen molar-refractivity contribution >= 4 is 22.8 Å². The summed E-state index contributed by atoms with van der Waals surface area (Å²) in [5, 5.41) is 3.37. The van der Waals surface area contributed by atoms with E-state index >= 15 is 0 Å². The number of nitrogens with zero attached hydrogens (tertiary/aromatic N) is 2. The largest absolute Gasteiger partial charge is 0.361 e. The maximum atomic E-state index is 5.67. The van der Waals surface area contributed by atoms with Gasteiger partial charge in [0.1, 0.15) is 12.5 Å². The average Bonchev–Trinajstić information content (AvgIpc) is 2.68. The van der Waals surface area contributed by atoms with Gasteiger partial charge in [-0.1, -0.05) is 36.4 Å². The highest BCUT2D eigenvalue weighted by molar-refractivity contribution is 5.92. The summed E-state index contributed by atoms with van der Waals surface area (Å²) in [5.41, 5.74) is 8.14. The molecular weight excluding hydrogens is 362 g/mol. The van der Waals surface area contributed by atoms with Crippen LogP contribution in [0.15, 0.2) is 46.4 Å². The zero-order valence-electron chi connectivity index (χ0n) is 18.8. The number of ether oxygens (including phenoxy) is 2. The van der Waals surface area contributed by atoms with Gasteiger partial charge in [0.2, 0.25) is 0 Å². The predicted octanol–water partition coefficient (Wildman–Crippen LogP) is 5.34. The van der Waals surface area contributed by atoms with Gasteiger partial charge in [-0.15, -0.1) is 0 Å². The van der Waals surface area contributed by atoms with E-state index in [1.807, 2.05) is 26.0 Å².